The fourth-order valence-corrected chi connectivity index (χ4v) is 4.67. The van der Waals surface area contributed by atoms with Crippen molar-refractivity contribution in [3.8, 4) is 0 Å². The van der Waals surface area contributed by atoms with E-state index in [-0.39, 0.29) is 5.92 Å². The van der Waals surface area contributed by atoms with Crippen LogP contribution in [0.25, 0.3) is 0 Å². The molecular formula is C24H30ClN3O. The van der Waals surface area contributed by atoms with E-state index in [0.717, 1.165) is 69.0 Å². The van der Waals surface area contributed by atoms with Crippen LogP contribution in [0.2, 0.25) is 5.02 Å². The maximum absolute atomic E-state index is 12.9. The summed E-state index contributed by atoms with van der Waals surface area (Å²) in [6, 6.07) is 14.3. The number of rotatable bonds is 4. The Morgan fingerprint density at radius 3 is 2.38 bits per heavy atom. The Morgan fingerprint density at radius 2 is 1.69 bits per heavy atom. The smallest absolute Gasteiger partial charge is 0.225 e. The van der Waals surface area contributed by atoms with Crippen LogP contribution in [0, 0.1) is 5.92 Å². The molecule has 3 heterocycles. The van der Waals surface area contributed by atoms with Gasteiger partial charge in [0.15, 0.2) is 0 Å². The molecule has 0 aliphatic carbocycles. The van der Waals surface area contributed by atoms with E-state index in [2.05, 4.69) is 47.2 Å². The molecule has 0 N–H and O–H groups in total. The van der Waals surface area contributed by atoms with Crippen LogP contribution in [-0.4, -0.2) is 53.9 Å². The second-order valence-corrected chi connectivity index (χ2v) is 8.97. The summed E-state index contributed by atoms with van der Waals surface area (Å²) in [4.78, 5) is 22.2. The third-order valence-electron chi connectivity index (χ3n) is 6.42. The van der Waals surface area contributed by atoms with Gasteiger partial charge in [-0.25, -0.2) is 0 Å². The molecular weight excluding hydrogens is 382 g/mol. The quantitative estimate of drug-likeness (QED) is 0.749. The number of piperidine rings is 2. The summed E-state index contributed by atoms with van der Waals surface area (Å²) in [5.74, 6) is 1.05. The molecule has 0 unspecified atom stereocenters. The van der Waals surface area contributed by atoms with Crippen LogP contribution in [0.3, 0.4) is 0 Å². The molecule has 2 fully saturated rings. The van der Waals surface area contributed by atoms with Crippen molar-refractivity contribution in [3.63, 3.8) is 0 Å². The number of halogens is 1. The molecule has 2 aliphatic rings. The first kappa shape index (κ1) is 20.4. The normalized spacial score (nSPS) is 19.4. The van der Waals surface area contributed by atoms with Gasteiger partial charge in [0.05, 0.1) is 0 Å². The Labute approximate surface area is 178 Å². The summed E-state index contributed by atoms with van der Waals surface area (Å²) in [7, 11) is 2.14. The highest BCUT2D eigenvalue weighted by atomic mass is 35.5. The van der Waals surface area contributed by atoms with Crippen molar-refractivity contribution in [2.45, 2.75) is 38.0 Å². The van der Waals surface area contributed by atoms with Crippen LogP contribution < -0.4 is 0 Å². The Balaban J connectivity index is 1.33. The van der Waals surface area contributed by atoms with Gasteiger partial charge in [0.25, 0.3) is 0 Å². The number of pyridine rings is 1. The van der Waals surface area contributed by atoms with Gasteiger partial charge in [0, 0.05) is 47.8 Å². The highest BCUT2D eigenvalue weighted by Crippen LogP contribution is 2.29. The SMILES string of the molecule is CN1CCC(C(=O)N2CCC(c3cccc(Cc4ccc(Cl)cc4)n3)CC2)CC1. The number of hydrogen-bond acceptors (Lipinski definition) is 3. The molecule has 29 heavy (non-hydrogen) atoms. The van der Waals surface area contributed by atoms with E-state index in [4.69, 9.17) is 16.6 Å². The Hall–Kier alpha value is -1.91. The molecule has 0 atom stereocenters. The lowest BCUT2D eigenvalue weighted by molar-refractivity contribution is -0.138. The number of amides is 1. The van der Waals surface area contributed by atoms with Gasteiger partial charge in [0.2, 0.25) is 5.91 Å². The van der Waals surface area contributed by atoms with E-state index < -0.39 is 0 Å². The zero-order valence-corrected chi connectivity index (χ0v) is 17.9. The van der Waals surface area contributed by atoms with Crippen LogP contribution in [0.15, 0.2) is 42.5 Å². The number of carbonyl (C=O) groups is 1. The van der Waals surface area contributed by atoms with Crippen LogP contribution in [-0.2, 0) is 11.2 Å². The van der Waals surface area contributed by atoms with Gasteiger partial charge in [-0.2, -0.15) is 0 Å². The molecule has 0 saturated carbocycles. The molecule has 0 bridgehead atoms. The molecule has 0 radical (unpaired) electrons. The van der Waals surface area contributed by atoms with Crippen LogP contribution >= 0.6 is 11.6 Å². The van der Waals surface area contributed by atoms with Gasteiger partial charge in [-0.05, 0) is 75.6 Å². The summed E-state index contributed by atoms with van der Waals surface area (Å²) >= 11 is 5.99. The molecule has 4 nitrogen and oxygen atoms in total. The van der Waals surface area contributed by atoms with E-state index >= 15 is 0 Å². The average molecular weight is 412 g/mol. The third-order valence-corrected chi connectivity index (χ3v) is 6.67. The van der Waals surface area contributed by atoms with Crippen molar-refractivity contribution in [3.05, 3.63) is 64.4 Å². The highest BCUT2D eigenvalue weighted by Gasteiger charge is 2.30. The van der Waals surface area contributed by atoms with Crippen LogP contribution in [0.4, 0.5) is 0 Å². The summed E-state index contributed by atoms with van der Waals surface area (Å²) in [5.41, 5.74) is 3.48. The molecule has 1 aromatic heterocycles. The van der Waals surface area contributed by atoms with Crippen molar-refractivity contribution < 1.29 is 4.79 Å². The number of nitrogens with zero attached hydrogens (tertiary/aromatic N) is 3. The summed E-state index contributed by atoms with van der Waals surface area (Å²) in [6.45, 7) is 3.80. The minimum atomic E-state index is 0.226. The Kier molecular flexibility index (Phi) is 6.51. The van der Waals surface area contributed by atoms with Crippen LogP contribution in [0.5, 0.6) is 0 Å². The minimum Gasteiger partial charge on any atom is -0.342 e. The second kappa shape index (κ2) is 9.27. The summed E-state index contributed by atoms with van der Waals surface area (Å²) in [6.07, 6.45) is 4.84. The fraction of sp³-hybridized carbons (Fsp3) is 0.500. The molecule has 2 aliphatic heterocycles. The Bertz CT molecular complexity index is 822. The standard InChI is InChI=1S/C24H30ClN3O/c1-27-13-9-20(10-14-27)24(29)28-15-11-19(12-16-28)23-4-2-3-22(26-23)17-18-5-7-21(25)8-6-18/h2-8,19-20H,9-17H2,1H3. The van der Waals surface area contributed by atoms with E-state index in [0.29, 0.717) is 11.8 Å². The lowest BCUT2D eigenvalue weighted by atomic mass is 9.90. The molecule has 5 heteroatoms. The predicted octanol–water partition coefficient (Wildman–Crippen LogP) is 4.37. The monoisotopic (exact) mass is 411 g/mol. The summed E-state index contributed by atoms with van der Waals surface area (Å²) < 4.78 is 0. The number of carbonyl (C=O) groups excluding carboxylic acids is 1. The van der Waals surface area contributed by atoms with E-state index in [1.165, 1.54) is 11.3 Å². The third kappa shape index (κ3) is 5.18. The lowest BCUT2D eigenvalue weighted by Crippen LogP contribution is -2.44. The second-order valence-electron chi connectivity index (χ2n) is 8.53. The van der Waals surface area contributed by atoms with Crippen molar-refractivity contribution in [2.75, 3.05) is 33.2 Å². The molecule has 154 valence electrons. The average Bonchev–Trinajstić information content (AvgIpc) is 2.76. The molecule has 2 aromatic rings. The minimum absolute atomic E-state index is 0.226. The van der Waals surface area contributed by atoms with Gasteiger partial charge in [-0.1, -0.05) is 29.8 Å². The zero-order chi connectivity index (χ0) is 20.2. The lowest BCUT2D eigenvalue weighted by Gasteiger charge is -2.36. The van der Waals surface area contributed by atoms with Crippen molar-refractivity contribution in [2.24, 2.45) is 5.92 Å². The van der Waals surface area contributed by atoms with Crippen molar-refractivity contribution in [1.82, 2.24) is 14.8 Å². The van der Waals surface area contributed by atoms with E-state index in [9.17, 15) is 4.79 Å². The van der Waals surface area contributed by atoms with Gasteiger partial charge in [-0.3, -0.25) is 9.78 Å². The topological polar surface area (TPSA) is 36.4 Å². The van der Waals surface area contributed by atoms with Crippen LogP contribution in [0.1, 0.15) is 48.6 Å². The first-order valence-electron chi connectivity index (χ1n) is 10.8. The van der Waals surface area contributed by atoms with Gasteiger partial charge < -0.3 is 9.80 Å². The Morgan fingerprint density at radius 1 is 1.00 bits per heavy atom. The molecule has 4 rings (SSSR count). The largest absolute Gasteiger partial charge is 0.342 e. The number of aromatic nitrogens is 1. The van der Waals surface area contributed by atoms with E-state index in [1.54, 1.807) is 0 Å². The molecule has 1 aromatic carbocycles. The number of hydrogen-bond donors (Lipinski definition) is 0. The van der Waals surface area contributed by atoms with Gasteiger partial charge in [-0.15, -0.1) is 0 Å². The maximum Gasteiger partial charge on any atom is 0.225 e. The number of likely N-dealkylation sites (tertiary alicyclic amines) is 2. The van der Waals surface area contributed by atoms with Gasteiger partial charge >= 0.3 is 0 Å². The first-order chi connectivity index (χ1) is 14.1. The maximum atomic E-state index is 12.9. The van der Waals surface area contributed by atoms with Crippen molar-refractivity contribution >= 4 is 17.5 Å². The highest BCUT2D eigenvalue weighted by molar-refractivity contribution is 6.30. The molecule has 0 spiro atoms. The molecule has 1 amide bonds. The number of benzene rings is 1. The van der Waals surface area contributed by atoms with Gasteiger partial charge in [0.1, 0.15) is 0 Å². The summed E-state index contributed by atoms with van der Waals surface area (Å²) in [5, 5.41) is 0.761. The molecule has 2 saturated heterocycles. The van der Waals surface area contributed by atoms with E-state index in [1.807, 2.05) is 12.1 Å². The predicted molar refractivity (Wildman–Crippen MR) is 117 cm³/mol. The fourth-order valence-electron chi connectivity index (χ4n) is 4.54. The first-order valence-corrected chi connectivity index (χ1v) is 11.1. The zero-order valence-electron chi connectivity index (χ0n) is 17.2. The van der Waals surface area contributed by atoms with Crippen molar-refractivity contribution in [1.29, 1.82) is 0 Å².